The topological polar surface area (TPSA) is 55.7 Å². The maximum atomic E-state index is 13.2. The van der Waals surface area contributed by atoms with Gasteiger partial charge in [0.15, 0.2) is 5.75 Å². The molecule has 0 amide bonds. The van der Waals surface area contributed by atoms with Gasteiger partial charge in [-0.15, -0.1) is 0 Å². The fraction of sp³-hybridized carbons (Fsp3) is 0.269. The summed E-state index contributed by atoms with van der Waals surface area (Å²) in [7, 11) is -5.85. The number of rotatable bonds is 5. The molecule has 34 heavy (non-hydrogen) atoms. The lowest BCUT2D eigenvalue weighted by Crippen LogP contribution is -2.29. The highest BCUT2D eigenvalue weighted by atomic mass is 32.2. The Morgan fingerprint density at radius 1 is 0.853 bits per heavy atom. The Bertz CT molecular complexity index is 1290. The van der Waals surface area contributed by atoms with Gasteiger partial charge in [-0.2, -0.15) is 21.6 Å². The number of aryl methyl sites for hydroxylation is 4. The van der Waals surface area contributed by atoms with Crippen molar-refractivity contribution in [2.24, 2.45) is 4.99 Å². The zero-order chi connectivity index (χ0) is 24.3. The summed E-state index contributed by atoms with van der Waals surface area (Å²) >= 11 is 0. The van der Waals surface area contributed by atoms with Crippen molar-refractivity contribution in [3.63, 3.8) is 0 Å². The Morgan fingerprint density at radius 2 is 1.41 bits per heavy atom. The zero-order valence-corrected chi connectivity index (χ0v) is 19.4. The minimum Gasteiger partial charge on any atom is -0.375 e. The first-order chi connectivity index (χ1) is 16.1. The number of benzene rings is 3. The van der Waals surface area contributed by atoms with Crippen LogP contribution >= 0.6 is 0 Å². The van der Waals surface area contributed by atoms with Crippen LogP contribution < -0.4 is 4.18 Å². The molecule has 0 spiro atoms. The highest BCUT2D eigenvalue weighted by Crippen LogP contribution is 2.35. The maximum Gasteiger partial charge on any atom is 0.534 e. The second-order valence-electron chi connectivity index (χ2n) is 8.29. The maximum absolute atomic E-state index is 13.2. The SMILES string of the molecule is C[C@H](N=Cc1c2ccc(c1OS(=O)(=O)C(F)(F)F)CCc1ccc(cc1)CC2)c1ccccc1. The highest BCUT2D eigenvalue weighted by Gasteiger charge is 2.49. The van der Waals surface area contributed by atoms with E-state index in [0.717, 1.165) is 16.7 Å². The number of nitrogens with zero attached hydrogens (tertiary/aromatic N) is 1. The Morgan fingerprint density at radius 3 is 2.00 bits per heavy atom. The third-order valence-corrected chi connectivity index (χ3v) is 6.90. The second kappa shape index (κ2) is 9.62. The van der Waals surface area contributed by atoms with Gasteiger partial charge in [-0.05, 0) is 60.4 Å². The summed E-state index contributed by atoms with van der Waals surface area (Å²) in [5.74, 6) is -0.297. The van der Waals surface area contributed by atoms with E-state index < -0.39 is 15.6 Å². The van der Waals surface area contributed by atoms with Crippen molar-refractivity contribution in [2.75, 3.05) is 0 Å². The number of hydrogen-bond donors (Lipinski definition) is 0. The van der Waals surface area contributed by atoms with E-state index in [2.05, 4.69) is 4.99 Å². The van der Waals surface area contributed by atoms with E-state index in [4.69, 9.17) is 4.18 Å². The quantitative estimate of drug-likeness (QED) is 0.253. The highest BCUT2D eigenvalue weighted by molar-refractivity contribution is 7.88. The summed E-state index contributed by atoms with van der Waals surface area (Å²) in [6.07, 6.45) is 3.42. The molecule has 0 heterocycles. The van der Waals surface area contributed by atoms with Crippen molar-refractivity contribution in [2.45, 2.75) is 44.2 Å². The van der Waals surface area contributed by atoms with Gasteiger partial charge < -0.3 is 4.18 Å². The molecule has 1 atom stereocenters. The molecular weight excluding hydrogens is 463 g/mol. The lowest BCUT2D eigenvalue weighted by molar-refractivity contribution is -0.0500. The molecule has 178 valence electrons. The first kappa shape index (κ1) is 24.0. The van der Waals surface area contributed by atoms with Gasteiger partial charge in [0, 0.05) is 11.8 Å². The van der Waals surface area contributed by atoms with Crippen LogP contribution in [0.4, 0.5) is 13.2 Å². The first-order valence-electron chi connectivity index (χ1n) is 11.0. The van der Waals surface area contributed by atoms with E-state index >= 15 is 0 Å². The average Bonchev–Trinajstić information content (AvgIpc) is 2.80. The Balaban J connectivity index is 1.82. The molecule has 3 aromatic rings. The standard InChI is InChI=1S/C26H24F3NO3S/c1-18(21-5-3-2-4-6-21)30-17-24-22-13-11-19-7-9-20(10-8-19)12-14-23(16-15-22)25(24)33-34(31,32)26(27,28)29/h2-10,15-18H,11-14H2,1H3/t18-/m0/s1. The van der Waals surface area contributed by atoms with Crippen LogP contribution in [-0.2, 0) is 35.8 Å². The van der Waals surface area contributed by atoms with Crippen LogP contribution in [0.2, 0.25) is 0 Å². The lowest BCUT2D eigenvalue weighted by atomic mass is 9.92. The van der Waals surface area contributed by atoms with Gasteiger partial charge in [0.25, 0.3) is 0 Å². The molecular formula is C26H24F3NO3S. The normalized spacial score (nSPS) is 15.2. The number of alkyl halides is 3. The van der Waals surface area contributed by atoms with Gasteiger partial charge in [0.05, 0.1) is 6.04 Å². The minimum absolute atomic E-state index is 0.267. The first-order valence-corrected chi connectivity index (χ1v) is 12.4. The summed E-state index contributed by atoms with van der Waals surface area (Å²) < 4.78 is 68.5. The molecule has 0 aliphatic heterocycles. The van der Waals surface area contributed by atoms with Gasteiger partial charge in [-0.25, -0.2) is 0 Å². The Labute approximate surface area is 197 Å². The van der Waals surface area contributed by atoms with Crippen LogP contribution in [0, 0.1) is 0 Å². The number of aliphatic imine (C=N–C) groups is 1. The van der Waals surface area contributed by atoms with Crippen molar-refractivity contribution in [3.8, 4) is 5.75 Å². The molecule has 4 nitrogen and oxygen atoms in total. The van der Waals surface area contributed by atoms with Gasteiger partial charge in [0.2, 0.25) is 0 Å². The van der Waals surface area contributed by atoms with E-state index in [1.807, 2.05) is 67.6 Å². The lowest BCUT2D eigenvalue weighted by Gasteiger charge is -2.19. The van der Waals surface area contributed by atoms with Gasteiger partial charge in [-0.1, -0.05) is 66.7 Å². The van der Waals surface area contributed by atoms with Gasteiger partial charge in [-0.3, -0.25) is 4.99 Å². The second-order valence-corrected chi connectivity index (χ2v) is 9.83. The van der Waals surface area contributed by atoms with E-state index in [9.17, 15) is 21.6 Å². The molecule has 4 aliphatic carbocycles. The minimum atomic E-state index is -5.85. The summed E-state index contributed by atoms with van der Waals surface area (Å²) in [5.41, 5.74) is -1.20. The molecule has 4 bridgehead atoms. The van der Waals surface area contributed by atoms with E-state index in [-0.39, 0.29) is 17.4 Å². The van der Waals surface area contributed by atoms with Crippen LogP contribution in [0.1, 0.15) is 46.3 Å². The number of halogens is 3. The largest absolute Gasteiger partial charge is 0.534 e. The summed E-state index contributed by atoms with van der Waals surface area (Å²) in [6, 6.07) is 20.7. The summed E-state index contributed by atoms with van der Waals surface area (Å²) in [4.78, 5) is 4.55. The molecule has 3 aromatic carbocycles. The van der Waals surface area contributed by atoms with Crippen LogP contribution in [-0.4, -0.2) is 20.1 Å². The van der Waals surface area contributed by atoms with Crippen LogP contribution in [0.15, 0.2) is 71.7 Å². The van der Waals surface area contributed by atoms with Gasteiger partial charge >= 0.3 is 15.6 Å². The van der Waals surface area contributed by atoms with E-state index in [0.29, 0.717) is 36.8 Å². The molecule has 0 radical (unpaired) electrons. The molecule has 0 N–H and O–H groups in total. The molecule has 7 rings (SSSR count). The third-order valence-electron chi connectivity index (χ3n) is 5.94. The van der Waals surface area contributed by atoms with E-state index in [1.165, 1.54) is 6.21 Å². The van der Waals surface area contributed by atoms with Crippen LogP contribution in [0.3, 0.4) is 0 Å². The van der Waals surface area contributed by atoms with Crippen molar-refractivity contribution in [1.29, 1.82) is 0 Å². The summed E-state index contributed by atoms with van der Waals surface area (Å²) in [6.45, 7) is 1.86. The molecule has 8 heteroatoms. The third kappa shape index (κ3) is 5.33. The van der Waals surface area contributed by atoms with Crippen molar-refractivity contribution in [3.05, 3.63) is 100 Å². The average molecular weight is 488 g/mol. The van der Waals surface area contributed by atoms with Crippen LogP contribution in [0.5, 0.6) is 5.75 Å². The van der Waals surface area contributed by atoms with Crippen molar-refractivity contribution >= 4 is 16.3 Å². The smallest absolute Gasteiger partial charge is 0.375 e. The molecule has 0 fully saturated rings. The zero-order valence-electron chi connectivity index (χ0n) is 18.5. The molecule has 0 saturated heterocycles. The fourth-order valence-electron chi connectivity index (χ4n) is 3.93. The summed E-state index contributed by atoms with van der Waals surface area (Å²) in [5, 5.41) is 0. The van der Waals surface area contributed by atoms with Crippen molar-refractivity contribution in [1.82, 2.24) is 0 Å². The monoisotopic (exact) mass is 487 g/mol. The molecule has 4 aliphatic rings. The number of hydrogen-bond acceptors (Lipinski definition) is 4. The Kier molecular flexibility index (Phi) is 6.79. The van der Waals surface area contributed by atoms with Crippen LogP contribution in [0.25, 0.3) is 0 Å². The molecule has 0 unspecified atom stereocenters. The Hall–Kier alpha value is -3.13. The predicted molar refractivity (Wildman–Crippen MR) is 126 cm³/mol. The van der Waals surface area contributed by atoms with Crippen molar-refractivity contribution < 1.29 is 25.8 Å². The predicted octanol–water partition coefficient (Wildman–Crippen LogP) is 5.98. The van der Waals surface area contributed by atoms with E-state index in [1.54, 1.807) is 6.07 Å². The molecule has 0 aromatic heterocycles. The fourth-order valence-corrected chi connectivity index (χ4v) is 4.44. The molecule has 0 saturated carbocycles. The van der Waals surface area contributed by atoms with Gasteiger partial charge in [0.1, 0.15) is 0 Å².